The Hall–Kier alpha value is -0.760. The van der Waals surface area contributed by atoms with Gasteiger partial charge in [-0.1, -0.05) is 231 Å². The molecule has 2 N–H and O–H groups in total. The number of carbonyl (C=O) groups excluding carboxylic acids is 1. The molecule has 9 heteroatoms. The second-order valence-electron chi connectivity index (χ2n) is 18.2. The number of amides is 1. The SMILES string of the molecule is CCCC/C=C/C(O)C(COP(=O)([O-])OCC[N+](C)(C)C)NC(=O)CCCCCCCCCCCCCCCCCCCCCCCCCCCCCCCCC. The fourth-order valence-corrected chi connectivity index (χ4v) is 8.04. The standard InChI is InChI=1S/C48H97N2O6P/c1-6-8-10-12-13-14-15-16-17-18-19-20-21-22-23-24-25-26-27-28-29-30-31-32-33-34-35-36-37-38-40-42-48(52)49-46(47(51)41-39-11-9-7-2)45-56-57(53,54)55-44-43-50(3,4)5/h39,41,46-47,51H,6-38,40,42-45H2,1-5H3,(H-,49,52,53,54)/b41-39+. The van der Waals surface area contributed by atoms with E-state index in [0.29, 0.717) is 17.4 Å². The quantitative estimate of drug-likeness (QED) is 0.0274. The molecule has 0 fully saturated rings. The zero-order valence-corrected chi connectivity index (χ0v) is 39.5. The van der Waals surface area contributed by atoms with E-state index in [-0.39, 0.29) is 19.1 Å². The number of carbonyl (C=O) groups is 1. The maximum absolute atomic E-state index is 12.7. The highest BCUT2D eigenvalue weighted by Gasteiger charge is 2.23. The zero-order chi connectivity index (χ0) is 42.1. The Kier molecular flexibility index (Phi) is 40.1. The third-order valence-electron chi connectivity index (χ3n) is 11.2. The number of aliphatic hydroxyl groups excluding tert-OH is 1. The highest BCUT2D eigenvalue weighted by atomic mass is 31.2. The average Bonchev–Trinajstić information content (AvgIpc) is 3.16. The van der Waals surface area contributed by atoms with E-state index in [4.69, 9.17) is 9.05 Å². The summed E-state index contributed by atoms with van der Waals surface area (Å²) in [5.41, 5.74) is 0. The first-order valence-electron chi connectivity index (χ1n) is 24.6. The summed E-state index contributed by atoms with van der Waals surface area (Å²) in [7, 11) is 1.26. The molecule has 0 rings (SSSR count). The largest absolute Gasteiger partial charge is 0.756 e. The molecule has 0 aliphatic rings. The van der Waals surface area contributed by atoms with Gasteiger partial charge in [0.05, 0.1) is 39.9 Å². The van der Waals surface area contributed by atoms with E-state index in [1.165, 1.54) is 180 Å². The molecule has 3 atom stereocenters. The van der Waals surface area contributed by atoms with Crippen molar-refractivity contribution in [3.8, 4) is 0 Å². The molecule has 0 aliphatic carbocycles. The van der Waals surface area contributed by atoms with Crippen LogP contribution in [0.2, 0.25) is 0 Å². The number of hydrogen-bond donors (Lipinski definition) is 2. The zero-order valence-electron chi connectivity index (χ0n) is 38.6. The monoisotopic (exact) mass is 829 g/mol. The van der Waals surface area contributed by atoms with Gasteiger partial charge in [-0.15, -0.1) is 0 Å². The smallest absolute Gasteiger partial charge is 0.268 e. The first-order valence-corrected chi connectivity index (χ1v) is 26.0. The van der Waals surface area contributed by atoms with Gasteiger partial charge in [0.25, 0.3) is 7.82 Å². The number of quaternary nitrogens is 1. The molecule has 340 valence electrons. The van der Waals surface area contributed by atoms with E-state index >= 15 is 0 Å². The van der Waals surface area contributed by atoms with Gasteiger partial charge in [-0.3, -0.25) is 9.36 Å². The van der Waals surface area contributed by atoms with Crippen molar-refractivity contribution in [1.29, 1.82) is 0 Å². The number of phosphoric acid groups is 1. The number of nitrogens with zero attached hydrogens (tertiary/aromatic N) is 1. The van der Waals surface area contributed by atoms with Gasteiger partial charge in [-0.05, 0) is 12.8 Å². The molecule has 0 bridgehead atoms. The number of allylic oxidation sites excluding steroid dienone is 1. The minimum Gasteiger partial charge on any atom is -0.756 e. The van der Waals surface area contributed by atoms with Crippen molar-refractivity contribution in [2.75, 3.05) is 40.9 Å². The van der Waals surface area contributed by atoms with Gasteiger partial charge in [0, 0.05) is 6.42 Å². The van der Waals surface area contributed by atoms with Gasteiger partial charge >= 0.3 is 0 Å². The van der Waals surface area contributed by atoms with E-state index in [2.05, 4.69) is 19.2 Å². The highest BCUT2D eigenvalue weighted by molar-refractivity contribution is 7.45. The number of rotatable bonds is 45. The first kappa shape index (κ1) is 56.2. The van der Waals surface area contributed by atoms with E-state index in [1.54, 1.807) is 6.08 Å². The van der Waals surface area contributed by atoms with Crippen LogP contribution in [0.1, 0.15) is 239 Å². The lowest BCUT2D eigenvalue weighted by Gasteiger charge is -2.29. The van der Waals surface area contributed by atoms with Crippen molar-refractivity contribution in [2.45, 2.75) is 251 Å². The predicted octanol–water partition coefficient (Wildman–Crippen LogP) is 13.3. The first-order chi connectivity index (χ1) is 27.5. The highest BCUT2D eigenvalue weighted by Crippen LogP contribution is 2.38. The summed E-state index contributed by atoms with van der Waals surface area (Å²) in [6.45, 7) is 4.51. The van der Waals surface area contributed by atoms with E-state index < -0.39 is 20.0 Å². The molecule has 0 heterocycles. The van der Waals surface area contributed by atoms with Crippen LogP contribution in [0.4, 0.5) is 0 Å². The van der Waals surface area contributed by atoms with E-state index in [1.807, 2.05) is 27.2 Å². The van der Waals surface area contributed by atoms with Crippen molar-refractivity contribution >= 4 is 13.7 Å². The van der Waals surface area contributed by atoms with Crippen LogP contribution in [0.3, 0.4) is 0 Å². The van der Waals surface area contributed by atoms with Crippen LogP contribution in [0, 0.1) is 0 Å². The summed E-state index contributed by atoms with van der Waals surface area (Å²) in [6, 6.07) is -0.877. The summed E-state index contributed by atoms with van der Waals surface area (Å²) in [5.74, 6) is -0.202. The minimum atomic E-state index is -4.56. The molecule has 0 aromatic rings. The van der Waals surface area contributed by atoms with Gasteiger partial charge in [0.1, 0.15) is 13.2 Å². The lowest BCUT2D eigenvalue weighted by atomic mass is 10.0. The summed E-state index contributed by atoms with van der Waals surface area (Å²) >= 11 is 0. The molecule has 0 aliphatic heterocycles. The lowest BCUT2D eigenvalue weighted by molar-refractivity contribution is -0.870. The number of likely N-dealkylation sites (N-methyl/N-ethyl adjacent to an activating group) is 1. The maximum atomic E-state index is 12.7. The van der Waals surface area contributed by atoms with Crippen molar-refractivity contribution in [2.24, 2.45) is 0 Å². The minimum absolute atomic E-state index is 0.000474. The van der Waals surface area contributed by atoms with Crippen molar-refractivity contribution in [3.63, 3.8) is 0 Å². The third-order valence-corrected chi connectivity index (χ3v) is 12.2. The van der Waals surface area contributed by atoms with Crippen LogP contribution < -0.4 is 10.2 Å². The Labute approximate surface area is 354 Å². The Bertz CT molecular complexity index is 942. The molecule has 0 spiro atoms. The second-order valence-corrected chi connectivity index (χ2v) is 19.6. The van der Waals surface area contributed by atoms with Crippen LogP contribution >= 0.6 is 7.82 Å². The fraction of sp³-hybridized carbons (Fsp3) is 0.938. The normalized spacial score (nSPS) is 14.3. The lowest BCUT2D eigenvalue weighted by Crippen LogP contribution is -2.45. The second kappa shape index (κ2) is 40.6. The Morgan fingerprint density at radius 3 is 1.30 bits per heavy atom. The number of hydrogen-bond acceptors (Lipinski definition) is 6. The fourth-order valence-electron chi connectivity index (χ4n) is 7.32. The van der Waals surface area contributed by atoms with Crippen LogP contribution in [0.15, 0.2) is 12.2 Å². The van der Waals surface area contributed by atoms with Crippen molar-refractivity contribution in [1.82, 2.24) is 5.32 Å². The third kappa shape index (κ3) is 43.1. The summed E-state index contributed by atoms with van der Waals surface area (Å²) in [5, 5.41) is 13.5. The molecule has 8 nitrogen and oxygen atoms in total. The molecule has 0 radical (unpaired) electrons. The molecule has 0 saturated carbocycles. The molecular formula is C48H97N2O6P. The Morgan fingerprint density at radius 2 is 0.947 bits per heavy atom. The van der Waals surface area contributed by atoms with Gasteiger partial charge in [0.2, 0.25) is 5.91 Å². The van der Waals surface area contributed by atoms with Gasteiger partial charge in [-0.2, -0.15) is 0 Å². The molecule has 0 aromatic carbocycles. The number of unbranched alkanes of at least 4 members (excludes halogenated alkanes) is 32. The van der Waals surface area contributed by atoms with Crippen LogP contribution in [-0.2, 0) is 18.4 Å². The molecular weight excluding hydrogens is 732 g/mol. The molecule has 57 heavy (non-hydrogen) atoms. The van der Waals surface area contributed by atoms with Gasteiger partial charge < -0.3 is 28.8 Å². The predicted molar refractivity (Wildman–Crippen MR) is 242 cm³/mol. The number of aliphatic hydroxyl groups is 1. The number of nitrogens with one attached hydrogen (secondary N) is 1. The molecule has 1 amide bonds. The van der Waals surface area contributed by atoms with Gasteiger partial charge in [0.15, 0.2) is 0 Å². The average molecular weight is 829 g/mol. The van der Waals surface area contributed by atoms with E-state index in [0.717, 1.165) is 38.5 Å². The summed E-state index contributed by atoms with van der Waals surface area (Å²) < 4.78 is 22.9. The Balaban J connectivity index is 3.73. The maximum Gasteiger partial charge on any atom is 0.268 e. The van der Waals surface area contributed by atoms with Crippen molar-refractivity contribution < 1.29 is 32.9 Å². The Morgan fingerprint density at radius 1 is 0.596 bits per heavy atom. The molecule has 0 saturated heterocycles. The number of phosphoric ester groups is 1. The van der Waals surface area contributed by atoms with Gasteiger partial charge in [-0.25, -0.2) is 0 Å². The van der Waals surface area contributed by atoms with Crippen LogP contribution in [0.25, 0.3) is 0 Å². The molecule has 3 unspecified atom stereocenters. The summed E-state index contributed by atoms with van der Waals surface area (Å²) in [6.07, 6.45) is 48.0. The van der Waals surface area contributed by atoms with Crippen molar-refractivity contribution in [3.05, 3.63) is 12.2 Å². The topological polar surface area (TPSA) is 108 Å². The van der Waals surface area contributed by atoms with Crippen LogP contribution in [-0.4, -0.2) is 68.5 Å². The van der Waals surface area contributed by atoms with E-state index in [9.17, 15) is 19.4 Å². The summed E-state index contributed by atoms with van der Waals surface area (Å²) in [4.78, 5) is 25.0. The molecule has 0 aromatic heterocycles. The van der Waals surface area contributed by atoms with Crippen LogP contribution in [0.5, 0.6) is 0 Å².